The van der Waals surface area contributed by atoms with Gasteiger partial charge in [-0.25, -0.2) is 0 Å². The molecule has 2 rings (SSSR count). The molecule has 1 heterocycles. The van der Waals surface area contributed by atoms with Crippen LogP contribution in [0.5, 0.6) is 0 Å². The summed E-state index contributed by atoms with van der Waals surface area (Å²) < 4.78 is 39.1. The van der Waals surface area contributed by atoms with Crippen LogP contribution in [0.1, 0.15) is 57.3 Å². The van der Waals surface area contributed by atoms with E-state index in [-0.39, 0.29) is 6.54 Å². The Labute approximate surface area is 162 Å². The largest absolute Gasteiger partial charge is 0.390 e. The van der Waals surface area contributed by atoms with E-state index < -0.39 is 12.6 Å². The van der Waals surface area contributed by atoms with Gasteiger partial charge in [0.2, 0.25) is 0 Å². The fourth-order valence-electron chi connectivity index (χ4n) is 3.24. The Kier molecular flexibility index (Phi) is 8.72. The summed E-state index contributed by atoms with van der Waals surface area (Å²) in [5, 5.41) is 15.3. The van der Waals surface area contributed by atoms with E-state index in [1.807, 2.05) is 13.2 Å². The van der Waals surface area contributed by atoms with Crippen molar-refractivity contribution < 1.29 is 13.2 Å². The summed E-state index contributed by atoms with van der Waals surface area (Å²) in [5.41, 5.74) is 0. The SMILES string of the molecule is CCNC(=NCCCc1nnc(SC)n1C1CCCC1)NCCC(F)(F)F. The van der Waals surface area contributed by atoms with Crippen LogP contribution in [0.3, 0.4) is 0 Å². The van der Waals surface area contributed by atoms with Crippen molar-refractivity contribution in [1.29, 1.82) is 0 Å². The van der Waals surface area contributed by atoms with Crippen molar-refractivity contribution in [3.05, 3.63) is 5.82 Å². The van der Waals surface area contributed by atoms with Crippen molar-refractivity contribution in [2.24, 2.45) is 4.99 Å². The maximum atomic E-state index is 12.3. The Hall–Kier alpha value is -1.45. The van der Waals surface area contributed by atoms with Crippen LogP contribution in [-0.2, 0) is 6.42 Å². The first kappa shape index (κ1) is 21.8. The zero-order valence-electron chi connectivity index (χ0n) is 16.0. The first-order chi connectivity index (χ1) is 12.9. The molecule has 27 heavy (non-hydrogen) atoms. The Morgan fingerprint density at radius 3 is 2.63 bits per heavy atom. The molecule has 154 valence electrons. The Bertz CT molecular complexity index is 596. The highest BCUT2D eigenvalue weighted by atomic mass is 32.2. The van der Waals surface area contributed by atoms with Crippen LogP contribution in [0.25, 0.3) is 0 Å². The minimum atomic E-state index is -4.16. The number of nitrogens with zero attached hydrogens (tertiary/aromatic N) is 4. The molecule has 6 nitrogen and oxygen atoms in total. The van der Waals surface area contributed by atoms with Gasteiger partial charge in [-0.05, 0) is 32.4 Å². The fraction of sp³-hybridized carbons (Fsp3) is 0.824. The zero-order valence-corrected chi connectivity index (χ0v) is 16.8. The van der Waals surface area contributed by atoms with Crippen LogP contribution in [-0.4, -0.2) is 52.8 Å². The summed E-state index contributed by atoms with van der Waals surface area (Å²) in [6, 6.07) is 0.488. The van der Waals surface area contributed by atoms with Gasteiger partial charge in [0.1, 0.15) is 5.82 Å². The summed E-state index contributed by atoms with van der Waals surface area (Å²) in [6.07, 6.45) is 3.34. The van der Waals surface area contributed by atoms with Crippen molar-refractivity contribution >= 4 is 17.7 Å². The van der Waals surface area contributed by atoms with Gasteiger partial charge < -0.3 is 15.2 Å². The van der Waals surface area contributed by atoms with E-state index in [1.54, 1.807) is 11.8 Å². The molecule has 1 saturated carbocycles. The monoisotopic (exact) mass is 406 g/mol. The molecule has 0 aliphatic heterocycles. The third kappa shape index (κ3) is 7.23. The molecular formula is C17H29F3N6S. The van der Waals surface area contributed by atoms with Gasteiger partial charge in [-0.1, -0.05) is 24.6 Å². The summed E-state index contributed by atoms with van der Waals surface area (Å²) in [6.45, 7) is 2.83. The second-order valence-electron chi connectivity index (χ2n) is 6.57. The van der Waals surface area contributed by atoms with E-state index in [0.717, 1.165) is 23.8 Å². The van der Waals surface area contributed by atoms with Gasteiger partial charge in [0.25, 0.3) is 0 Å². The molecule has 0 amide bonds. The number of aromatic nitrogens is 3. The normalized spacial score (nSPS) is 16.1. The van der Waals surface area contributed by atoms with Crippen LogP contribution in [0.2, 0.25) is 0 Å². The number of aliphatic imine (C=N–C) groups is 1. The number of thioether (sulfide) groups is 1. The number of hydrogen-bond donors (Lipinski definition) is 2. The summed E-state index contributed by atoms with van der Waals surface area (Å²) in [7, 11) is 0. The molecule has 2 N–H and O–H groups in total. The molecule has 1 aliphatic carbocycles. The lowest BCUT2D eigenvalue weighted by atomic mass is 10.2. The molecule has 10 heteroatoms. The highest BCUT2D eigenvalue weighted by Gasteiger charge is 2.26. The van der Waals surface area contributed by atoms with Gasteiger partial charge >= 0.3 is 6.18 Å². The minimum absolute atomic E-state index is 0.178. The number of guanidine groups is 1. The van der Waals surface area contributed by atoms with Gasteiger partial charge in [-0.3, -0.25) is 4.99 Å². The molecule has 1 aromatic rings. The molecule has 0 unspecified atom stereocenters. The highest BCUT2D eigenvalue weighted by Crippen LogP contribution is 2.33. The third-order valence-electron chi connectivity index (χ3n) is 4.48. The minimum Gasteiger partial charge on any atom is -0.357 e. The average Bonchev–Trinajstić information content (AvgIpc) is 3.26. The quantitative estimate of drug-likeness (QED) is 0.284. The van der Waals surface area contributed by atoms with Crippen LogP contribution >= 0.6 is 11.8 Å². The van der Waals surface area contributed by atoms with Crippen LogP contribution in [0.15, 0.2) is 10.1 Å². The van der Waals surface area contributed by atoms with E-state index in [9.17, 15) is 13.2 Å². The predicted octanol–water partition coefficient (Wildman–Crippen LogP) is 3.56. The average molecular weight is 407 g/mol. The molecule has 0 saturated heterocycles. The summed E-state index contributed by atoms with van der Waals surface area (Å²) in [4.78, 5) is 4.37. The Balaban J connectivity index is 1.86. The molecule has 1 aliphatic rings. The second kappa shape index (κ2) is 10.8. The van der Waals surface area contributed by atoms with Crippen molar-refractivity contribution in [2.45, 2.75) is 69.2 Å². The van der Waals surface area contributed by atoms with Gasteiger partial charge in [-0.2, -0.15) is 13.2 Å². The van der Waals surface area contributed by atoms with Crippen LogP contribution in [0, 0.1) is 0 Å². The molecule has 0 bridgehead atoms. The van der Waals surface area contributed by atoms with Crippen LogP contribution in [0.4, 0.5) is 13.2 Å². The molecule has 1 aromatic heterocycles. The number of alkyl halides is 3. The number of rotatable bonds is 9. The van der Waals surface area contributed by atoms with Gasteiger partial charge in [0.05, 0.1) is 6.42 Å². The lowest BCUT2D eigenvalue weighted by molar-refractivity contribution is -0.132. The van der Waals surface area contributed by atoms with Crippen LogP contribution < -0.4 is 10.6 Å². The third-order valence-corrected chi connectivity index (χ3v) is 5.12. The lowest BCUT2D eigenvalue weighted by Gasteiger charge is -2.16. The number of aryl methyl sites for hydroxylation is 1. The molecule has 0 aromatic carbocycles. The summed E-state index contributed by atoms with van der Waals surface area (Å²) >= 11 is 1.61. The molecule has 0 atom stereocenters. The number of halogens is 3. The second-order valence-corrected chi connectivity index (χ2v) is 7.34. The number of hydrogen-bond acceptors (Lipinski definition) is 4. The van der Waals surface area contributed by atoms with Gasteiger partial charge in [0, 0.05) is 32.1 Å². The van der Waals surface area contributed by atoms with Crippen molar-refractivity contribution in [3.63, 3.8) is 0 Å². The first-order valence-electron chi connectivity index (χ1n) is 9.51. The Morgan fingerprint density at radius 1 is 1.26 bits per heavy atom. The van der Waals surface area contributed by atoms with Crippen molar-refractivity contribution in [3.8, 4) is 0 Å². The molecular weight excluding hydrogens is 377 g/mol. The van der Waals surface area contributed by atoms with Gasteiger partial charge in [0.15, 0.2) is 11.1 Å². The summed E-state index contributed by atoms with van der Waals surface area (Å²) in [5.74, 6) is 1.40. The molecule has 0 radical (unpaired) electrons. The van der Waals surface area contributed by atoms with Crippen molar-refractivity contribution in [2.75, 3.05) is 25.9 Å². The van der Waals surface area contributed by atoms with E-state index in [4.69, 9.17) is 0 Å². The maximum Gasteiger partial charge on any atom is 0.390 e. The molecule has 1 fully saturated rings. The Morgan fingerprint density at radius 2 is 2.00 bits per heavy atom. The standard InChI is InChI=1S/C17H29F3N6S/c1-3-21-15(23-12-10-17(18,19)20)22-11-6-9-14-24-25-16(27-2)26(14)13-7-4-5-8-13/h13H,3-12H2,1-2H3,(H2,21,22,23). The smallest absolute Gasteiger partial charge is 0.357 e. The molecule has 0 spiro atoms. The maximum absolute atomic E-state index is 12.3. The first-order valence-corrected chi connectivity index (χ1v) is 10.7. The fourth-order valence-corrected chi connectivity index (χ4v) is 3.81. The van der Waals surface area contributed by atoms with Crippen molar-refractivity contribution in [1.82, 2.24) is 25.4 Å². The lowest BCUT2D eigenvalue weighted by Crippen LogP contribution is -2.39. The van der Waals surface area contributed by atoms with E-state index in [0.29, 0.717) is 25.1 Å². The predicted molar refractivity (Wildman–Crippen MR) is 102 cm³/mol. The van der Waals surface area contributed by atoms with E-state index >= 15 is 0 Å². The number of nitrogens with one attached hydrogen (secondary N) is 2. The topological polar surface area (TPSA) is 67.1 Å². The highest BCUT2D eigenvalue weighted by molar-refractivity contribution is 7.98. The zero-order chi connectivity index (χ0) is 19.7. The van der Waals surface area contributed by atoms with Gasteiger partial charge in [-0.15, -0.1) is 10.2 Å². The van der Waals surface area contributed by atoms with E-state index in [2.05, 4.69) is 30.4 Å². The van der Waals surface area contributed by atoms with E-state index in [1.165, 1.54) is 25.7 Å².